The second-order valence-corrected chi connectivity index (χ2v) is 10.00. The molecule has 3 heteroatoms. The Morgan fingerprint density at radius 1 is 1.22 bits per heavy atom. The molecule has 1 aromatic rings. The van der Waals surface area contributed by atoms with Gasteiger partial charge in [0.1, 0.15) is 0 Å². The number of rotatable bonds is 10. The molecule has 0 aliphatic heterocycles. The summed E-state index contributed by atoms with van der Waals surface area (Å²) in [6, 6.07) is 6.57. The highest BCUT2D eigenvalue weighted by Gasteiger charge is 2.39. The number of fused-ring (bicyclic) bond motifs is 1. The molecule has 0 saturated heterocycles. The number of hydrogen-bond acceptors (Lipinski definition) is 1. The van der Waals surface area contributed by atoms with Crippen LogP contribution in [0.15, 0.2) is 73.0 Å². The largest absolute Gasteiger partial charge is 0.392 e. The first-order valence-corrected chi connectivity index (χ1v) is 11.6. The normalized spacial score (nSPS) is 19.3. The van der Waals surface area contributed by atoms with Gasteiger partial charge in [-0.1, -0.05) is 63.4 Å². The monoisotopic (exact) mass is 437 g/mol. The SMILES string of the molecule is C=CCCC(C(=C)NC)C1Cc2cc(CC(C)(C)C3=CCC=C3C(C)(F)F)ccc2C1=C. The Hall–Kier alpha value is -2.42. The molecule has 2 atom stereocenters. The molecule has 2 aliphatic rings. The number of hydrogen-bond donors (Lipinski definition) is 1. The first-order chi connectivity index (χ1) is 15.0. The number of nitrogens with one attached hydrogen (secondary N) is 1. The van der Waals surface area contributed by atoms with Crippen LogP contribution in [0.3, 0.4) is 0 Å². The van der Waals surface area contributed by atoms with Gasteiger partial charge in [-0.3, -0.25) is 0 Å². The molecule has 0 amide bonds. The van der Waals surface area contributed by atoms with Gasteiger partial charge in [0.15, 0.2) is 0 Å². The van der Waals surface area contributed by atoms with Crippen LogP contribution >= 0.6 is 0 Å². The third-order valence-electron chi connectivity index (χ3n) is 7.12. The Morgan fingerprint density at radius 3 is 2.53 bits per heavy atom. The van der Waals surface area contributed by atoms with E-state index in [4.69, 9.17) is 0 Å². The predicted octanol–water partition coefficient (Wildman–Crippen LogP) is 7.67. The Kier molecular flexibility index (Phi) is 6.97. The van der Waals surface area contributed by atoms with Crippen LogP contribution in [0.5, 0.6) is 0 Å². The second-order valence-electron chi connectivity index (χ2n) is 10.00. The van der Waals surface area contributed by atoms with E-state index in [9.17, 15) is 8.78 Å². The van der Waals surface area contributed by atoms with Gasteiger partial charge in [-0.2, -0.15) is 0 Å². The number of alkyl halides is 2. The number of halogens is 2. The summed E-state index contributed by atoms with van der Waals surface area (Å²) in [5, 5.41) is 3.25. The molecule has 172 valence electrons. The van der Waals surface area contributed by atoms with Gasteiger partial charge < -0.3 is 5.32 Å². The summed E-state index contributed by atoms with van der Waals surface area (Å²) in [6.45, 7) is 17.7. The zero-order valence-corrected chi connectivity index (χ0v) is 20.0. The van der Waals surface area contributed by atoms with E-state index in [-0.39, 0.29) is 11.0 Å². The quantitative estimate of drug-likeness (QED) is 0.370. The van der Waals surface area contributed by atoms with Crippen LogP contribution in [0.25, 0.3) is 5.57 Å². The lowest BCUT2D eigenvalue weighted by atomic mass is 9.75. The van der Waals surface area contributed by atoms with Crippen LogP contribution in [0.4, 0.5) is 8.78 Å². The smallest absolute Gasteiger partial charge is 0.270 e. The van der Waals surface area contributed by atoms with Crippen molar-refractivity contribution < 1.29 is 8.78 Å². The van der Waals surface area contributed by atoms with E-state index in [0.29, 0.717) is 18.3 Å². The van der Waals surface area contributed by atoms with E-state index in [2.05, 4.69) is 57.1 Å². The Balaban J connectivity index is 1.82. The molecule has 1 N–H and O–H groups in total. The molecule has 0 saturated carbocycles. The fourth-order valence-electron chi connectivity index (χ4n) is 5.46. The molecule has 32 heavy (non-hydrogen) atoms. The topological polar surface area (TPSA) is 12.0 Å². The molecular formula is C29H37F2N. The summed E-state index contributed by atoms with van der Waals surface area (Å²) < 4.78 is 28.3. The molecule has 3 rings (SSSR count). The van der Waals surface area contributed by atoms with Gasteiger partial charge in [-0.15, -0.1) is 6.58 Å². The Morgan fingerprint density at radius 2 is 1.91 bits per heavy atom. The number of benzene rings is 1. The van der Waals surface area contributed by atoms with Crippen molar-refractivity contribution in [1.82, 2.24) is 5.32 Å². The van der Waals surface area contributed by atoms with Gasteiger partial charge >= 0.3 is 0 Å². The van der Waals surface area contributed by atoms with Gasteiger partial charge in [0.25, 0.3) is 5.92 Å². The lowest BCUT2D eigenvalue weighted by molar-refractivity contribution is 0.0634. The van der Waals surface area contributed by atoms with E-state index < -0.39 is 5.92 Å². The van der Waals surface area contributed by atoms with E-state index in [1.54, 1.807) is 6.08 Å². The van der Waals surface area contributed by atoms with Crippen molar-refractivity contribution in [3.05, 3.63) is 89.7 Å². The highest BCUT2D eigenvalue weighted by molar-refractivity contribution is 5.73. The summed E-state index contributed by atoms with van der Waals surface area (Å²) >= 11 is 0. The summed E-state index contributed by atoms with van der Waals surface area (Å²) in [5.74, 6) is -2.18. The van der Waals surface area contributed by atoms with Crippen LogP contribution in [0.2, 0.25) is 0 Å². The van der Waals surface area contributed by atoms with Crippen LogP contribution in [0.1, 0.15) is 56.7 Å². The molecule has 0 aromatic heterocycles. The molecule has 0 fully saturated rings. The zero-order valence-electron chi connectivity index (χ0n) is 20.0. The van der Waals surface area contributed by atoms with E-state index in [1.165, 1.54) is 22.3 Å². The lowest BCUT2D eigenvalue weighted by Crippen LogP contribution is -2.25. The molecule has 2 unspecified atom stereocenters. The highest BCUT2D eigenvalue weighted by Crippen LogP contribution is 2.46. The van der Waals surface area contributed by atoms with Gasteiger partial charge in [-0.05, 0) is 71.3 Å². The maximum absolute atomic E-state index is 14.1. The van der Waals surface area contributed by atoms with Crippen LogP contribution < -0.4 is 5.32 Å². The minimum absolute atomic E-state index is 0.188. The minimum Gasteiger partial charge on any atom is -0.392 e. The summed E-state index contributed by atoms with van der Waals surface area (Å²) in [7, 11) is 1.93. The zero-order chi connectivity index (χ0) is 23.7. The van der Waals surface area contributed by atoms with Gasteiger partial charge in [0, 0.05) is 31.2 Å². The average Bonchev–Trinajstić information content (AvgIpc) is 3.34. The van der Waals surface area contributed by atoms with Gasteiger partial charge in [0.2, 0.25) is 0 Å². The fourth-order valence-corrected chi connectivity index (χ4v) is 5.46. The van der Waals surface area contributed by atoms with Crippen molar-refractivity contribution in [3.8, 4) is 0 Å². The molecule has 0 spiro atoms. The summed E-state index contributed by atoms with van der Waals surface area (Å²) in [4.78, 5) is 0. The van der Waals surface area contributed by atoms with Crippen molar-refractivity contribution in [2.24, 2.45) is 17.3 Å². The summed E-state index contributed by atoms with van der Waals surface area (Å²) in [5.41, 5.74) is 6.53. The molecule has 1 aromatic carbocycles. The van der Waals surface area contributed by atoms with E-state index in [0.717, 1.165) is 43.9 Å². The first-order valence-electron chi connectivity index (χ1n) is 11.6. The van der Waals surface area contributed by atoms with E-state index >= 15 is 0 Å². The Labute approximate surface area is 192 Å². The third kappa shape index (κ3) is 4.82. The predicted molar refractivity (Wildman–Crippen MR) is 133 cm³/mol. The maximum atomic E-state index is 14.1. The van der Waals surface area contributed by atoms with E-state index in [1.807, 2.05) is 19.2 Å². The highest BCUT2D eigenvalue weighted by atomic mass is 19.3. The Bertz CT molecular complexity index is 971. The summed E-state index contributed by atoms with van der Waals surface area (Å²) in [6.07, 6.45) is 9.78. The van der Waals surface area contributed by atoms with Crippen molar-refractivity contribution in [2.45, 2.75) is 58.8 Å². The number of allylic oxidation sites excluding steroid dienone is 7. The molecule has 2 aliphatic carbocycles. The first kappa shape index (κ1) is 24.2. The van der Waals surface area contributed by atoms with Crippen molar-refractivity contribution in [3.63, 3.8) is 0 Å². The molecule has 1 nitrogen and oxygen atoms in total. The maximum Gasteiger partial charge on any atom is 0.270 e. The standard InChI is InChI=1S/C29H37F2N/c1-8-9-11-24(20(3)32-7)25-17-22-16-21(14-15-23(22)19(25)2)18-28(4,5)26-12-10-13-27(26)29(6,30)31/h8,12-16,24-25,32H,1-3,9-11,17-18H2,4-7H3. The minimum atomic E-state index is -2.81. The van der Waals surface area contributed by atoms with Crippen LogP contribution in [0, 0.1) is 17.3 Å². The van der Waals surface area contributed by atoms with Gasteiger partial charge in [-0.25, -0.2) is 8.78 Å². The third-order valence-corrected chi connectivity index (χ3v) is 7.12. The molecule has 0 radical (unpaired) electrons. The molecule has 0 heterocycles. The van der Waals surface area contributed by atoms with Crippen molar-refractivity contribution in [1.29, 1.82) is 0 Å². The second kappa shape index (κ2) is 9.21. The van der Waals surface area contributed by atoms with Crippen molar-refractivity contribution >= 4 is 5.57 Å². The fraction of sp³-hybridized carbons (Fsp3) is 0.448. The molecular weight excluding hydrogens is 400 g/mol. The lowest BCUT2D eigenvalue weighted by Gasteiger charge is -2.31. The van der Waals surface area contributed by atoms with Gasteiger partial charge in [0.05, 0.1) is 0 Å². The average molecular weight is 438 g/mol. The molecule has 0 bridgehead atoms. The van der Waals surface area contributed by atoms with Crippen molar-refractivity contribution in [2.75, 3.05) is 7.05 Å². The van der Waals surface area contributed by atoms with Crippen LogP contribution in [-0.2, 0) is 12.8 Å². The van der Waals surface area contributed by atoms with Crippen LogP contribution in [-0.4, -0.2) is 13.0 Å².